The zero-order chi connectivity index (χ0) is 20.6. The van der Waals surface area contributed by atoms with Gasteiger partial charge in [0, 0.05) is 50.7 Å². The lowest BCUT2D eigenvalue weighted by Crippen LogP contribution is -2.46. The van der Waals surface area contributed by atoms with Crippen molar-refractivity contribution in [3.05, 3.63) is 64.6 Å². The van der Waals surface area contributed by atoms with E-state index >= 15 is 0 Å². The summed E-state index contributed by atoms with van der Waals surface area (Å²) in [6.07, 6.45) is 4.81. The number of likely N-dealkylation sites (tertiary alicyclic amines) is 1. The van der Waals surface area contributed by atoms with Gasteiger partial charge in [-0.2, -0.15) is 10.1 Å². The minimum absolute atomic E-state index is 0.00519. The number of nitrogens with zero attached hydrogens (tertiary/aromatic N) is 4. The highest BCUT2D eigenvalue weighted by Crippen LogP contribution is 2.36. The SMILES string of the molecule is COC1(c2nc(Cc3ccccc3)no2)CCN(C(=O)c2n[nH]c3c2CCC3)CC1. The maximum absolute atomic E-state index is 13.0. The Balaban J connectivity index is 1.28. The Hall–Kier alpha value is -3.00. The third-order valence-corrected chi connectivity index (χ3v) is 6.32. The zero-order valence-electron chi connectivity index (χ0n) is 17.1. The molecule has 5 rings (SSSR count). The number of aromatic nitrogens is 4. The van der Waals surface area contributed by atoms with Crippen LogP contribution in [0.15, 0.2) is 34.9 Å². The van der Waals surface area contributed by atoms with Crippen LogP contribution >= 0.6 is 0 Å². The maximum Gasteiger partial charge on any atom is 0.274 e. The van der Waals surface area contributed by atoms with E-state index in [2.05, 4.69) is 20.3 Å². The molecule has 1 saturated heterocycles. The second-order valence-corrected chi connectivity index (χ2v) is 8.05. The third kappa shape index (κ3) is 3.31. The number of nitrogens with one attached hydrogen (secondary N) is 1. The number of fused-ring (bicyclic) bond motifs is 1. The molecule has 8 heteroatoms. The number of ether oxygens (including phenoxy) is 1. The molecule has 0 unspecified atom stereocenters. The smallest absolute Gasteiger partial charge is 0.274 e. The number of aromatic amines is 1. The van der Waals surface area contributed by atoms with Gasteiger partial charge in [-0.25, -0.2) is 0 Å². The van der Waals surface area contributed by atoms with E-state index in [1.54, 1.807) is 7.11 Å². The van der Waals surface area contributed by atoms with E-state index in [0.29, 0.717) is 49.8 Å². The molecule has 0 bridgehead atoms. The van der Waals surface area contributed by atoms with Crippen molar-refractivity contribution in [2.75, 3.05) is 20.2 Å². The molecule has 1 fully saturated rings. The zero-order valence-corrected chi connectivity index (χ0v) is 17.1. The molecule has 156 valence electrons. The summed E-state index contributed by atoms with van der Waals surface area (Å²) in [6.45, 7) is 1.12. The van der Waals surface area contributed by atoms with Crippen molar-refractivity contribution in [2.24, 2.45) is 0 Å². The number of hydrogen-bond donors (Lipinski definition) is 1. The highest BCUT2D eigenvalue weighted by atomic mass is 16.5. The minimum Gasteiger partial charge on any atom is -0.368 e. The fourth-order valence-electron chi connectivity index (χ4n) is 4.51. The van der Waals surface area contributed by atoms with Crippen molar-refractivity contribution < 1.29 is 14.1 Å². The first kappa shape index (κ1) is 19.0. The van der Waals surface area contributed by atoms with Gasteiger partial charge >= 0.3 is 0 Å². The molecule has 0 atom stereocenters. The number of carbonyl (C=O) groups excluding carboxylic acids is 1. The monoisotopic (exact) mass is 407 g/mol. The second kappa shape index (κ2) is 7.68. The van der Waals surface area contributed by atoms with Crippen molar-refractivity contribution in [3.63, 3.8) is 0 Å². The first-order valence-corrected chi connectivity index (χ1v) is 10.5. The van der Waals surface area contributed by atoms with E-state index in [0.717, 1.165) is 36.1 Å². The van der Waals surface area contributed by atoms with Gasteiger partial charge in [0.2, 0.25) is 0 Å². The molecule has 1 aliphatic carbocycles. The van der Waals surface area contributed by atoms with Crippen LogP contribution in [0.2, 0.25) is 0 Å². The molecule has 3 aromatic rings. The van der Waals surface area contributed by atoms with E-state index < -0.39 is 5.60 Å². The second-order valence-electron chi connectivity index (χ2n) is 8.05. The van der Waals surface area contributed by atoms with Crippen LogP contribution in [0.4, 0.5) is 0 Å². The summed E-state index contributed by atoms with van der Waals surface area (Å²) in [5.41, 5.74) is 3.25. The summed E-state index contributed by atoms with van der Waals surface area (Å²) >= 11 is 0. The van der Waals surface area contributed by atoms with Gasteiger partial charge in [0.25, 0.3) is 11.8 Å². The van der Waals surface area contributed by atoms with Crippen LogP contribution in [-0.2, 0) is 29.6 Å². The van der Waals surface area contributed by atoms with E-state index in [9.17, 15) is 4.79 Å². The van der Waals surface area contributed by atoms with Crippen LogP contribution in [0.3, 0.4) is 0 Å². The van der Waals surface area contributed by atoms with Crippen LogP contribution in [-0.4, -0.2) is 51.3 Å². The van der Waals surface area contributed by atoms with E-state index in [-0.39, 0.29) is 5.91 Å². The lowest BCUT2D eigenvalue weighted by Gasteiger charge is -2.38. The Bertz CT molecular complexity index is 1030. The molecule has 0 spiro atoms. The Kier molecular flexibility index (Phi) is 4.86. The van der Waals surface area contributed by atoms with Crippen LogP contribution in [0, 0.1) is 0 Å². The van der Waals surface area contributed by atoms with Crippen molar-refractivity contribution in [1.82, 2.24) is 25.2 Å². The third-order valence-electron chi connectivity index (χ3n) is 6.32. The number of aryl methyl sites for hydroxylation is 1. The molecule has 0 saturated carbocycles. The largest absolute Gasteiger partial charge is 0.368 e. The number of hydrogen-bond acceptors (Lipinski definition) is 6. The van der Waals surface area contributed by atoms with Gasteiger partial charge in [0.15, 0.2) is 11.5 Å². The van der Waals surface area contributed by atoms with E-state index in [1.807, 2.05) is 35.2 Å². The number of methoxy groups -OCH3 is 1. The summed E-state index contributed by atoms with van der Waals surface area (Å²) in [7, 11) is 1.67. The topological polar surface area (TPSA) is 97.1 Å². The molecule has 1 aliphatic heterocycles. The molecule has 3 heterocycles. The van der Waals surface area contributed by atoms with Crippen LogP contribution in [0.1, 0.15) is 58.3 Å². The molecule has 1 aromatic carbocycles. The Labute approximate surface area is 174 Å². The lowest BCUT2D eigenvalue weighted by molar-refractivity contribution is -0.0780. The van der Waals surface area contributed by atoms with Gasteiger partial charge in [-0.1, -0.05) is 35.5 Å². The van der Waals surface area contributed by atoms with Gasteiger partial charge < -0.3 is 14.2 Å². The Morgan fingerprint density at radius 2 is 2.03 bits per heavy atom. The van der Waals surface area contributed by atoms with Gasteiger partial charge in [-0.15, -0.1) is 0 Å². The molecule has 1 amide bonds. The van der Waals surface area contributed by atoms with E-state index in [4.69, 9.17) is 9.26 Å². The van der Waals surface area contributed by atoms with Gasteiger partial charge in [-0.05, 0) is 24.8 Å². The van der Waals surface area contributed by atoms with Gasteiger partial charge in [-0.3, -0.25) is 9.89 Å². The first-order chi connectivity index (χ1) is 14.7. The molecule has 30 heavy (non-hydrogen) atoms. The Morgan fingerprint density at radius 1 is 1.23 bits per heavy atom. The number of rotatable bonds is 5. The fraction of sp³-hybridized carbons (Fsp3) is 0.455. The van der Waals surface area contributed by atoms with Gasteiger partial charge in [0.1, 0.15) is 5.60 Å². The molecule has 8 nitrogen and oxygen atoms in total. The molecule has 1 N–H and O–H groups in total. The highest BCUT2D eigenvalue weighted by Gasteiger charge is 2.43. The number of piperidine rings is 1. The van der Waals surface area contributed by atoms with E-state index in [1.165, 1.54) is 0 Å². The average molecular weight is 407 g/mol. The van der Waals surface area contributed by atoms with Crippen LogP contribution in [0.5, 0.6) is 0 Å². The number of H-pyrrole nitrogens is 1. The highest BCUT2D eigenvalue weighted by molar-refractivity contribution is 5.94. The maximum atomic E-state index is 13.0. The fourth-order valence-corrected chi connectivity index (χ4v) is 4.51. The summed E-state index contributed by atoms with van der Waals surface area (Å²) in [4.78, 5) is 19.5. The van der Waals surface area contributed by atoms with Crippen molar-refractivity contribution >= 4 is 5.91 Å². The standard InChI is InChI=1S/C22H25N5O3/c1-29-22(21-23-18(26-30-21)14-15-6-3-2-4-7-15)10-12-27(13-11-22)20(28)19-16-8-5-9-17(16)24-25-19/h2-4,6-7H,5,8-14H2,1H3,(H,24,25). The first-order valence-electron chi connectivity index (χ1n) is 10.5. The molecular formula is C22H25N5O3. The average Bonchev–Trinajstić information content (AvgIpc) is 3.52. The number of benzene rings is 1. The number of amides is 1. The predicted octanol–water partition coefficient (Wildman–Crippen LogP) is 2.65. The summed E-state index contributed by atoms with van der Waals surface area (Å²) in [6, 6.07) is 10.1. The summed E-state index contributed by atoms with van der Waals surface area (Å²) < 4.78 is 11.5. The summed E-state index contributed by atoms with van der Waals surface area (Å²) in [5, 5.41) is 11.5. The minimum atomic E-state index is -0.660. The quantitative estimate of drug-likeness (QED) is 0.698. The normalized spacial score (nSPS) is 17.8. The molecule has 2 aromatic heterocycles. The van der Waals surface area contributed by atoms with Crippen LogP contribution in [0.25, 0.3) is 0 Å². The molecular weight excluding hydrogens is 382 g/mol. The summed E-state index contributed by atoms with van der Waals surface area (Å²) in [5.74, 6) is 1.12. The van der Waals surface area contributed by atoms with Crippen LogP contribution < -0.4 is 0 Å². The van der Waals surface area contributed by atoms with Crippen molar-refractivity contribution in [2.45, 2.75) is 44.1 Å². The number of carbonyl (C=O) groups is 1. The van der Waals surface area contributed by atoms with Gasteiger partial charge in [0.05, 0.1) is 0 Å². The lowest BCUT2D eigenvalue weighted by atomic mass is 9.90. The van der Waals surface area contributed by atoms with Crippen molar-refractivity contribution in [3.8, 4) is 0 Å². The predicted molar refractivity (Wildman–Crippen MR) is 108 cm³/mol. The Morgan fingerprint density at radius 3 is 2.80 bits per heavy atom. The van der Waals surface area contributed by atoms with Crippen molar-refractivity contribution in [1.29, 1.82) is 0 Å². The molecule has 2 aliphatic rings. The molecule has 0 radical (unpaired) electrons.